The Labute approximate surface area is 115 Å². The van der Waals surface area contributed by atoms with Crippen molar-refractivity contribution in [3.8, 4) is 0 Å². The Bertz CT molecular complexity index is 423. The topological polar surface area (TPSA) is 60.7 Å². The molecule has 1 N–H and O–H groups in total. The molecule has 19 heavy (non-hydrogen) atoms. The molecule has 1 aromatic rings. The maximum absolute atomic E-state index is 11.1. The predicted molar refractivity (Wildman–Crippen MR) is 76.2 cm³/mol. The van der Waals surface area contributed by atoms with E-state index < -0.39 is 14.0 Å². The summed E-state index contributed by atoms with van der Waals surface area (Å²) in [7, 11) is 0.461. The molecule has 0 aliphatic carbocycles. The molecule has 0 atom stereocenters. The van der Waals surface area contributed by atoms with Gasteiger partial charge >= 0.3 is 5.97 Å². The molecular weight excluding hydrogens is 262 g/mol. The third-order valence-electron chi connectivity index (χ3n) is 2.82. The number of aromatic carboxylic acids is 1. The Morgan fingerprint density at radius 3 is 2.63 bits per heavy atom. The summed E-state index contributed by atoms with van der Waals surface area (Å²) in [6.07, 6.45) is 1.73. The number of rotatable bonds is 8. The van der Waals surface area contributed by atoms with Crippen LogP contribution in [0, 0.1) is 0 Å². The molecule has 0 radical (unpaired) electrons. The molecule has 5 nitrogen and oxygen atoms in total. The lowest BCUT2D eigenvalue weighted by atomic mass is 10.2. The van der Waals surface area contributed by atoms with Gasteiger partial charge in [-0.05, 0) is 12.1 Å². The summed E-state index contributed by atoms with van der Waals surface area (Å²) in [6.45, 7) is 8.24. The van der Waals surface area contributed by atoms with E-state index in [2.05, 4.69) is 19.6 Å². The maximum Gasteiger partial charge on any atom is 0.337 e. The van der Waals surface area contributed by atoms with Gasteiger partial charge in [-0.1, -0.05) is 19.6 Å². The number of aromatic nitrogens is 1. The smallest absolute Gasteiger partial charge is 0.337 e. The van der Waals surface area contributed by atoms with E-state index in [1.165, 1.54) is 0 Å². The van der Waals surface area contributed by atoms with E-state index in [0.29, 0.717) is 19.0 Å². The van der Waals surface area contributed by atoms with Crippen molar-refractivity contribution in [3.05, 3.63) is 23.5 Å². The van der Waals surface area contributed by atoms with Crippen LogP contribution in [0.25, 0.3) is 0 Å². The summed E-state index contributed by atoms with van der Waals surface area (Å²) in [5.74, 6) is -0.937. The van der Waals surface area contributed by atoms with Crippen molar-refractivity contribution in [2.24, 2.45) is 0 Å². The molecule has 0 spiro atoms. The third kappa shape index (κ3) is 5.18. The Balaban J connectivity index is 2.60. The number of hydrogen-bond acceptors (Lipinski definition) is 3. The fourth-order valence-corrected chi connectivity index (χ4v) is 2.42. The van der Waals surface area contributed by atoms with E-state index in [4.69, 9.17) is 14.6 Å². The first kappa shape index (κ1) is 15.9. The van der Waals surface area contributed by atoms with E-state index in [-0.39, 0.29) is 12.2 Å². The van der Waals surface area contributed by atoms with E-state index in [1.807, 2.05) is 0 Å². The van der Waals surface area contributed by atoms with Gasteiger partial charge in [-0.3, -0.25) is 0 Å². The normalized spacial score (nSPS) is 11.8. The number of carbonyl (C=O) groups is 1. The molecule has 0 unspecified atom stereocenters. The molecule has 0 saturated carbocycles. The molecule has 0 aliphatic rings. The summed E-state index contributed by atoms with van der Waals surface area (Å²) in [5, 5.41) is 9.08. The van der Waals surface area contributed by atoms with Gasteiger partial charge in [0, 0.05) is 28.0 Å². The molecule has 6 heteroatoms. The van der Waals surface area contributed by atoms with E-state index in [9.17, 15) is 4.79 Å². The fourth-order valence-electron chi connectivity index (χ4n) is 1.66. The standard InChI is InChI=1S/C13H23NO4Si/c1-17-9-12-11(13(15)16)5-6-14(12)10-18-7-8-19(2,3)4/h5-6H,7-10H2,1-4H3,(H,15,16). The summed E-state index contributed by atoms with van der Waals surface area (Å²) >= 11 is 0. The Hall–Kier alpha value is -1.11. The van der Waals surface area contributed by atoms with Gasteiger partial charge in [0.05, 0.1) is 17.9 Å². The highest BCUT2D eigenvalue weighted by atomic mass is 28.3. The largest absolute Gasteiger partial charge is 0.478 e. The lowest BCUT2D eigenvalue weighted by Crippen LogP contribution is -2.22. The minimum absolute atomic E-state index is 0.270. The third-order valence-corrected chi connectivity index (χ3v) is 4.52. The predicted octanol–water partition coefficient (Wildman–Crippen LogP) is 2.65. The quantitative estimate of drug-likeness (QED) is 0.589. The van der Waals surface area contributed by atoms with Crippen molar-refractivity contribution in [1.29, 1.82) is 0 Å². The molecule has 0 aliphatic heterocycles. The van der Waals surface area contributed by atoms with Crippen molar-refractivity contribution in [1.82, 2.24) is 4.57 Å². The molecule has 0 amide bonds. The molecular formula is C13H23NO4Si. The van der Waals surface area contributed by atoms with Gasteiger partial charge in [-0.2, -0.15) is 0 Å². The lowest BCUT2D eigenvalue weighted by molar-refractivity contribution is 0.0678. The first-order chi connectivity index (χ1) is 8.85. The number of carboxylic acid groups (broad SMARTS) is 1. The summed E-state index contributed by atoms with van der Waals surface area (Å²) in [6, 6.07) is 2.68. The Morgan fingerprint density at radius 1 is 1.42 bits per heavy atom. The number of methoxy groups -OCH3 is 1. The number of carboxylic acids is 1. The van der Waals surface area contributed by atoms with E-state index in [0.717, 1.165) is 6.04 Å². The van der Waals surface area contributed by atoms with E-state index in [1.54, 1.807) is 23.9 Å². The molecule has 108 valence electrons. The van der Waals surface area contributed by atoms with Crippen molar-refractivity contribution in [2.75, 3.05) is 13.7 Å². The number of nitrogens with zero attached hydrogens (tertiary/aromatic N) is 1. The van der Waals surface area contributed by atoms with Crippen LogP contribution in [0.1, 0.15) is 16.1 Å². The molecule has 1 aromatic heterocycles. The van der Waals surface area contributed by atoms with Crippen LogP contribution in [-0.2, 0) is 22.8 Å². The zero-order chi connectivity index (χ0) is 14.5. The summed E-state index contributed by atoms with van der Waals surface area (Å²) < 4.78 is 12.5. The van der Waals surface area contributed by atoms with Crippen LogP contribution in [0.2, 0.25) is 25.7 Å². The van der Waals surface area contributed by atoms with Crippen LogP contribution in [0.4, 0.5) is 0 Å². The summed E-state index contributed by atoms with van der Waals surface area (Å²) in [4.78, 5) is 11.1. The van der Waals surface area contributed by atoms with Gasteiger partial charge in [0.1, 0.15) is 6.73 Å². The van der Waals surface area contributed by atoms with Gasteiger partial charge in [0.15, 0.2) is 0 Å². The van der Waals surface area contributed by atoms with Gasteiger partial charge in [-0.25, -0.2) is 4.79 Å². The van der Waals surface area contributed by atoms with Crippen LogP contribution in [0.3, 0.4) is 0 Å². The molecule has 0 bridgehead atoms. The van der Waals surface area contributed by atoms with Crippen LogP contribution < -0.4 is 0 Å². The highest BCUT2D eigenvalue weighted by molar-refractivity contribution is 6.76. The lowest BCUT2D eigenvalue weighted by Gasteiger charge is -2.16. The molecule has 1 rings (SSSR count). The van der Waals surface area contributed by atoms with Gasteiger partial charge in [-0.15, -0.1) is 0 Å². The SMILES string of the molecule is COCc1c(C(=O)O)ccn1COCC[Si](C)(C)C. The fraction of sp³-hybridized carbons (Fsp3) is 0.615. The summed E-state index contributed by atoms with van der Waals surface area (Å²) in [5.41, 5.74) is 0.915. The van der Waals surface area contributed by atoms with Crippen LogP contribution in [0.5, 0.6) is 0 Å². The highest BCUT2D eigenvalue weighted by Gasteiger charge is 2.15. The second-order valence-electron chi connectivity index (χ2n) is 5.73. The number of ether oxygens (including phenoxy) is 2. The first-order valence-corrected chi connectivity index (χ1v) is 10.0. The minimum atomic E-state index is -1.09. The molecule has 0 saturated heterocycles. The van der Waals surface area contributed by atoms with Crippen molar-refractivity contribution < 1.29 is 19.4 Å². The van der Waals surface area contributed by atoms with Gasteiger partial charge in [0.25, 0.3) is 0 Å². The second kappa shape index (κ2) is 6.88. The van der Waals surface area contributed by atoms with Crippen LogP contribution >= 0.6 is 0 Å². The van der Waals surface area contributed by atoms with E-state index >= 15 is 0 Å². The number of hydrogen-bond donors (Lipinski definition) is 1. The minimum Gasteiger partial charge on any atom is -0.478 e. The zero-order valence-corrected chi connectivity index (χ0v) is 13.1. The zero-order valence-electron chi connectivity index (χ0n) is 12.1. The van der Waals surface area contributed by atoms with Crippen LogP contribution in [0.15, 0.2) is 12.3 Å². The van der Waals surface area contributed by atoms with Crippen molar-refractivity contribution >= 4 is 14.0 Å². The Kier molecular flexibility index (Phi) is 5.77. The molecule has 0 aromatic carbocycles. The monoisotopic (exact) mass is 285 g/mol. The average Bonchev–Trinajstić information content (AvgIpc) is 2.67. The Morgan fingerprint density at radius 2 is 2.11 bits per heavy atom. The highest BCUT2D eigenvalue weighted by Crippen LogP contribution is 2.14. The molecule has 1 heterocycles. The van der Waals surface area contributed by atoms with Crippen molar-refractivity contribution in [2.45, 2.75) is 39.0 Å². The van der Waals surface area contributed by atoms with Crippen molar-refractivity contribution in [3.63, 3.8) is 0 Å². The second-order valence-corrected chi connectivity index (χ2v) is 11.4. The molecule has 0 fully saturated rings. The maximum atomic E-state index is 11.1. The van der Waals surface area contributed by atoms with Gasteiger partial charge in [0.2, 0.25) is 0 Å². The van der Waals surface area contributed by atoms with Gasteiger partial charge < -0.3 is 19.1 Å². The average molecular weight is 285 g/mol. The van der Waals surface area contributed by atoms with Crippen LogP contribution in [-0.4, -0.2) is 37.4 Å². The first-order valence-electron chi connectivity index (χ1n) is 6.33.